The fourth-order valence-corrected chi connectivity index (χ4v) is 2.66. The summed E-state index contributed by atoms with van der Waals surface area (Å²) < 4.78 is 0. The summed E-state index contributed by atoms with van der Waals surface area (Å²) in [6, 6.07) is 2.36. The van der Waals surface area contributed by atoms with E-state index in [2.05, 4.69) is 24.9 Å². The van der Waals surface area contributed by atoms with Gasteiger partial charge in [-0.05, 0) is 56.7 Å². The summed E-state index contributed by atoms with van der Waals surface area (Å²) in [5, 5.41) is 1.32. The largest absolute Gasteiger partial charge is 0.343 e. The third-order valence-corrected chi connectivity index (χ3v) is 3.82. The third kappa shape index (κ3) is 1.44. The van der Waals surface area contributed by atoms with Crippen LogP contribution < -0.4 is 0 Å². The normalized spacial score (nSPS) is 16.1. The Labute approximate surface area is 96.1 Å². The van der Waals surface area contributed by atoms with Crippen LogP contribution in [0.5, 0.6) is 0 Å². The van der Waals surface area contributed by atoms with E-state index in [0.29, 0.717) is 0 Å². The van der Waals surface area contributed by atoms with Crippen LogP contribution in [0.3, 0.4) is 0 Å². The highest BCUT2D eigenvalue weighted by Gasteiger charge is 2.13. The van der Waals surface area contributed by atoms with E-state index < -0.39 is 0 Å². The smallest absolute Gasteiger partial charge is 0.138 e. The first-order valence-electron chi connectivity index (χ1n) is 6.23. The first kappa shape index (κ1) is 9.88. The molecule has 16 heavy (non-hydrogen) atoms. The van der Waals surface area contributed by atoms with Gasteiger partial charge in [0.1, 0.15) is 5.65 Å². The van der Waals surface area contributed by atoms with Crippen LogP contribution in [0.4, 0.5) is 0 Å². The molecule has 1 N–H and O–H groups in total. The van der Waals surface area contributed by atoms with Crippen LogP contribution in [-0.2, 0) is 12.8 Å². The molecular formula is C14H18N2. The second kappa shape index (κ2) is 3.62. The van der Waals surface area contributed by atoms with Gasteiger partial charge in [-0.25, -0.2) is 4.98 Å². The summed E-state index contributed by atoms with van der Waals surface area (Å²) in [4.78, 5) is 8.19. The van der Waals surface area contributed by atoms with Gasteiger partial charge in [0.25, 0.3) is 0 Å². The first-order chi connectivity index (χ1) is 7.75. The van der Waals surface area contributed by atoms with Crippen molar-refractivity contribution in [3.63, 3.8) is 0 Å². The number of nitrogens with one attached hydrogen (secondary N) is 1. The SMILES string of the molecule is Cc1[nH]c2nc3c(cc2c1C)CCCCC3. The van der Waals surface area contributed by atoms with Crippen molar-refractivity contribution in [2.75, 3.05) is 0 Å². The van der Waals surface area contributed by atoms with Crippen LogP contribution in [0.25, 0.3) is 11.0 Å². The van der Waals surface area contributed by atoms with Crippen molar-refractivity contribution in [1.29, 1.82) is 0 Å². The Balaban J connectivity index is 2.24. The van der Waals surface area contributed by atoms with Gasteiger partial charge in [-0.2, -0.15) is 0 Å². The Hall–Kier alpha value is -1.31. The lowest BCUT2D eigenvalue weighted by Gasteiger charge is -2.04. The number of H-pyrrole nitrogens is 1. The van der Waals surface area contributed by atoms with Gasteiger partial charge in [0.05, 0.1) is 0 Å². The monoisotopic (exact) mass is 214 g/mol. The predicted molar refractivity (Wildman–Crippen MR) is 66.8 cm³/mol. The van der Waals surface area contributed by atoms with Crippen LogP contribution >= 0.6 is 0 Å². The second-order valence-electron chi connectivity index (χ2n) is 4.93. The van der Waals surface area contributed by atoms with E-state index in [-0.39, 0.29) is 0 Å². The van der Waals surface area contributed by atoms with Crippen molar-refractivity contribution in [3.8, 4) is 0 Å². The van der Waals surface area contributed by atoms with Gasteiger partial charge >= 0.3 is 0 Å². The molecule has 0 amide bonds. The van der Waals surface area contributed by atoms with Crippen molar-refractivity contribution in [2.24, 2.45) is 0 Å². The van der Waals surface area contributed by atoms with Gasteiger partial charge in [0.15, 0.2) is 0 Å². The van der Waals surface area contributed by atoms with Gasteiger partial charge < -0.3 is 4.98 Å². The molecule has 2 nitrogen and oxygen atoms in total. The summed E-state index contributed by atoms with van der Waals surface area (Å²) in [6.07, 6.45) is 6.33. The molecule has 0 spiro atoms. The highest BCUT2D eigenvalue weighted by Crippen LogP contribution is 2.26. The van der Waals surface area contributed by atoms with Crippen LogP contribution in [0.15, 0.2) is 6.07 Å². The molecule has 2 heterocycles. The summed E-state index contributed by atoms with van der Waals surface area (Å²) in [5.41, 5.74) is 6.49. The molecular weight excluding hydrogens is 196 g/mol. The van der Waals surface area contributed by atoms with Gasteiger partial charge in [-0.3, -0.25) is 0 Å². The molecule has 2 aromatic heterocycles. The lowest BCUT2D eigenvalue weighted by molar-refractivity contribution is 0.709. The summed E-state index contributed by atoms with van der Waals surface area (Å²) in [6.45, 7) is 4.31. The predicted octanol–water partition coefficient (Wildman–Crippen LogP) is 3.45. The van der Waals surface area contributed by atoms with Gasteiger partial charge in [-0.15, -0.1) is 0 Å². The van der Waals surface area contributed by atoms with Crippen molar-refractivity contribution >= 4 is 11.0 Å². The number of hydrogen-bond acceptors (Lipinski definition) is 1. The molecule has 2 heteroatoms. The Morgan fingerprint density at radius 2 is 1.94 bits per heavy atom. The molecule has 0 saturated heterocycles. The lowest BCUT2D eigenvalue weighted by atomic mass is 10.1. The molecule has 84 valence electrons. The molecule has 2 aromatic rings. The topological polar surface area (TPSA) is 28.7 Å². The number of nitrogens with zero attached hydrogens (tertiary/aromatic N) is 1. The van der Waals surface area contributed by atoms with Crippen LogP contribution in [0.2, 0.25) is 0 Å². The summed E-state index contributed by atoms with van der Waals surface area (Å²) >= 11 is 0. The van der Waals surface area contributed by atoms with Crippen molar-refractivity contribution in [2.45, 2.75) is 46.0 Å². The van der Waals surface area contributed by atoms with Gasteiger partial charge in [0, 0.05) is 16.8 Å². The van der Waals surface area contributed by atoms with Crippen LogP contribution in [0.1, 0.15) is 41.8 Å². The molecule has 0 aliphatic heterocycles. The Morgan fingerprint density at radius 1 is 1.12 bits per heavy atom. The molecule has 0 saturated carbocycles. The van der Waals surface area contributed by atoms with Crippen LogP contribution in [-0.4, -0.2) is 9.97 Å². The fourth-order valence-electron chi connectivity index (χ4n) is 2.66. The maximum atomic E-state index is 4.80. The third-order valence-electron chi connectivity index (χ3n) is 3.82. The number of pyridine rings is 1. The number of rotatable bonds is 0. The minimum atomic E-state index is 1.08. The highest BCUT2D eigenvalue weighted by molar-refractivity contribution is 5.82. The van der Waals surface area contributed by atoms with E-state index in [0.717, 1.165) is 12.1 Å². The zero-order chi connectivity index (χ0) is 11.1. The highest BCUT2D eigenvalue weighted by atomic mass is 14.9. The van der Waals surface area contributed by atoms with E-state index in [9.17, 15) is 0 Å². The number of fused-ring (bicyclic) bond motifs is 2. The molecule has 0 aromatic carbocycles. The average molecular weight is 214 g/mol. The molecule has 1 aliphatic carbocycles. The van der Waals surface area contributed by atoms with Crippen molar-refractivity contribution < 1.29 is 0 Å². The average Bonchev–Trinajstić information content (AvgIpc) is 2.48. The molecule has 0 unspecified atom stereocenters. The van der Waals surface area contributed by atoms with Crippen molar-refractivity contribution in [1.82, 2.24) is 9.97 Å². The van der Waals surface area contributed by atoms with E-state index in [4.69, 9.17) is 4.98 Å². The summed E-state index contributed by atoms with van der Waals surface area (Å²) in [7, 11) is 0. The van der Waals surface area contributed by atoms with Crippen LogP contribution in [0, 0.1) is 13.8 Å². The fraction of sp³-hybridized carbons (Fsp3) is 0.500. The minimum Gasteiger partial charge on any atom is -0.343 e. The number of aromatic nitrogens is 2. The zero-order valence-corrected chi connectivity index (χ0v) is 10.1. The molecule has 0 fully saturated rings. The molecule has 0 bridgehead atoms. The lowest BCUT2D eigenvalue weighted by Crippen LogP contribution is -1.95. The Bertz CT molecular complexity index is 537. The zero-order valence-electron chi connectivity index (χ0n) is 10.1. The maximum Gasteiger partial charge on any atom is 0.138 e. The number of hydrogen-bond donors (Lipinski definition) is 1. The summed E-state index contributed by atoms with van der Waals surface area (Å²) in [5.74, 6) is 0. The number of aromatic amines is 1. The van der Waals surface area contributed by atoms with E-state index in [1.165, 1.54) is 53.6 Å². The van der Waals surface area contributed by atoms with Gasteiger partial charge in [-0.1, -0.05) is 6.42 Å². The van der Waals surface area contributed by atoms with E-state index >= 15 is 0 Å². The quantitative estimate of drug-likeness (QED) is 0.668. The van der Waals surface area contributed by atoms with Crippen molar-refractivity contribution in [3.05, 3.63) is 28.6 Å². The van der Waals surface area contributed by atoms with Gasteiger partial charge in [0.2, 0.25) is 0 Å². The molecule has 0 atom stereocenters. The van der Waals surface area contributed by atoms with E-state index in [1.807, 2.05) is 0 Å². The Kier molecular flexibility index (Phi) is 2.23. The molecule has 3 rings (SSSR count). The van der Waals surface area contributed by atoms with E-state index in [1.54, 1.807) is 0 Å². The molecule has 0 radical (unpaired) electrons. The standard InChI is InChI=1S/C14H18N2/c1-9-10(2)15-14-12(9)8-11-6-4-3-5-7-13(11)16-14/h8H,3-7H2,1-2H3,(H,15,16). The second-order valence-corrected chi connectivity index (χ2v) is 4.93. The Morgan fingerprint density at radius 3 is 2.81 bits per heavy atom. The first-order valence-corrected chi connectivity index (χ1v) is 6.23. The molecule has 1 aliphatic rings. The minimum absolute atomic E-state index is 1.08. The maximum absolute atomic E-state index is 4.80. The number of aryl methyl sites for hydroxylation is 4.